The molecule has 0 rings (SSSR count). The Labute approximate surface area is 417 Å². The number of allylic oxidation sites excluding steroid dienone is 12. The minimum absolute atomic E-state index is 0.144. The summed E-state index contributed by atoms with van der Waals surface area (Å²) < 4.78 is 22.7. The third-order valence-corrected chi connectivity index (χ3v) is 11.7. The summed E-state index contributed by atoms with van der Waals surface area (Å²) in [6, 6.07) is 0. The standard InChI is InChI=1S/C59H103NO8/c1-6-8-10-12-14-16-18-20-22-24-25-26-27-28-29-30-31-32-33-34-36-38-40-42-44-46-48-50-57(62)68-55(54-67-59(58(63)64)65-52-51-60(3,4)5)53-66-56(61)49-47-45-43-41-39-37-35-23-21-19-17-15-13-11-9-7-2/h8,10,14,16,20,22,25-26,28-29,31-32,55,59H,6-7,9,11-13,15,17-19,21,23-24,27,30,33-54H2,1-5H3/b10-8-,16-14-,22-20-,26-25-,29-28-,32-31-. The lowest BCUT2D eigenvalue weighted by molar-refractivity contribution is -0.870. The van der Waals surface area contributed by atoms with Crippen LogP contribution in [-0.4, -0.2) is 82.3 Å². The third-order valence-electron chi connectivity index (χ3n) is 11.7. The molecule has 392 valence electrons. The second kappa shape index (κ2) is 50.1. The van der Waals surface area contributed by atoms with E-state index in [0.29, 0.717) is 23.9 Å². The molecule has 0 bridgehead atoms. The smallest absolute Gasteiger partial charge is 0.306 e. The molecule has 0 heterocycles. The number of nitrogens with zero attached hydrogens (tertiary/aromatic N) is 1. The number of carbonyl (C=O) groups is 3. The topological polar surface area (TPSA) is 111 Å². The first kappa shape index (κ1) is 64.7. The second-order valence-electron chi connectivity index (χ2n) is 19.5. The number of ether oxygens (including phenoxy) is 4. The van der Waals surface area contributed by atoms with E-state index in [1.165, 1.54) is 109 Å². The number of esters is 2. The van der Waals surface area contributed by atoms with E-state index in [2.05, 4.69) is 86.8 Å². The molecule has 0 spiro atoms. The summed E-state index contributed by atoms with van der Waals surface area (Å²) in [6.07, 6.45) is 60.8. The van der Waals surface area contributed by atoms with Crippen molar-refractivity contribution in [1.29, 1.82) is 0 Å². The van der Waals surface area contributed by atoms with Crippen LogP contribution in [0.2, 0.25) is 0 Å². The molecule has 9 nitrogen and oxygen atoms in total. The van der Waals surface area contributed by atoms with Crippen molar-refractivity contribution in [3.05, 3.63) is 72.9 Å². The summed E-state index contributed by atoms with van der Waals surface area (Å²) in [7, 11) is 5.91. The fourth-order valence-electron chi connectivity index (χ4n) is 7.48. The van der Waals surface area contributed by atoms with Gasteiger partial charge in [-0.05, 0) is 64.2 Å². The van der Waals surface area contributed by atoms with Crippen LogP contribution in [0.1, 0.15) is 226 Å². The number of quaternary nitrogens is 1. The minimum atomic E-state index is -1.62. The molecule has 0 aliphatic rings. The van der Waals surface area contributed by atoms with Crippen molar-refractivity contribution in [2.45, 2.75) is 238 Å². The van der Waals surface area contributed by atoms with Gasteiger partial charge in [0.2, 0.25) is 0 Å². The highest BCUT2D eigenvalue weighted by Crippen LogP contribution is 2.16. The predicted octanol–water partition coefficient (Wildman–Crippen LogP) is 14.5. The number of hydrogen-bond acceptors (Lipinski definition) is 8. The van der Waals surface area contributed by atoms with Crippen LogP contribution in [0.4, 0.5) is 0 Å². The Kier molecular flexibility index (Phi) is 47.7. The maximum absolute atomic E-state index is 12.8. The summed E-state index contributed by atoms with van der Waals surface area (Å²) in [5, 5.41) is 11.8. The van der Waals surface area contributed by atoms with Gasteiger partial charge in [0.15, 0.2) is 12.4 Å². The van der Waals surface area contributed by atoms with Gasteiger partial charge in [-0.2, -0.15) is 0 Å². The van der Waals surface area contributed by atoms with Crippen molar-refractivity contribution in [2.75, 3.05) is 47.5 Å². The average Bonchev–Trinajstić information content (AvgIpc) is 3.30. The van der Waals surface area contributed by atoms with Crippen molar-refractivity contribution in [1.82, 2.24) is 0 Å². The Bertz CT molecular complexity index is 1340. The van der Waals surface area contributed by atoms with Gasteiger partial charge in [-0.1, -0.05) is 222 Å². The molecule has 0 aromatic carbocycles. The van der Waals surface area contributed by atoms with E-state index >= 15 is 0 Å². The molecular weight excluding hydrogens is 851 g/mol. The van der Waals surface area contributed by atoms with E-state index in [9.17, 15) is 19.5 Å². The van der Waals surface area contributed by atoms with Gasteiger partial charge in [0.25, 0.3) is 0 Å². The zero-order valence-corrected chi connectivity index (χ0v) is 44.5. The number of rotatable bonds is 50. The largest absolute Gasteiger partial charge is 0.545 e. The quantitative estimate of drug-likeness (QED) is 0.0195. The van der Waals surface area contributed by atoms with Crippen LogP contribution in [-0.2, 0) is 33.3 Å². The fourth-order valence-corrected chi connectivity index (χ4v) is 7.48. The number of carbonyl (C=O) groups excluding carboxylic acids is 3. The Morgan fingerprint density at radius 3 is 1.25 bits per heavy atom. The molecule has 0 saturated carbocycles. The predicted molar refractivity (Wildman–Crippen MR) is 283 cm³/mol. The Morgan fingerprint density at radius 2 is 0.838 bits per heavy atom. The van der Waals surface area contributed by atoms with Crippen LogP contribution < -0.4 is 5.11 Å². The molecule has 0 N–H and O–H groups in total. The lowest BCUT2D eigenvalue weighted by atomic mass is 10.0. The SMILES string of the molecule is CC/C=C\C/C=C\C/C=C\C/C=C\C/C=C\C/C=C\CCCCCCCCCCC(=O)OC(COC(=O)CCCCCCCCCCCCCCCCCC)COC(OCC[N+](C)(C)C)C(=O)[O-]. The van der Waals surface area contributed by atoms with E-state index in [0.717, 1.165) is 83.5 Å². The van der Waals surface area contributed by atoms with E-state index in [-0.39, 0.29) is 32.2 Å². The van der Waals surface area contributed by atoms with Crippen molar-refractivity contribution in [3.63, 3.8) is 0 Å². The third kappa shape index (κ3) is 50.6. The molecule has 2 unspecified atom stereocenters. The molecular formula is C59H103NO8. The molecule has 0 aliphatic carbocycles. The minimum Gasteiger partial charge on any atom is -0.545 e. The van der Waals surface area contributed by atoms with Gasteiger partial charge >= 0.3 is 11.9 Å². The van der Waals surface area contributed by atoms with E-state index in [4.69, 9.17) is 18.9 Å². The summed E-state index contributed by atoms with van der Waals surface area (Å²) >= 11 is 0. The Hall–Kier alpha value is -3.27. The lowest BCUT2D eigenvalue weighted by Gasteiger charge is -2.26. The van der Waals surface area contributed by atoms with Crippen LogP contribution in [0, 0.1) is 0 Å². The van der Waals surface area contributed by atoms with Gasteiger partial charge in [-0.25, -0.2) is 0 Å². The van der Waals surface area contributed by atoms with Crippen LogP contribution in [0.3, 0.4) is 0 Å². The molecule has 0 radical (unpaired) electrons. The lowest BCUT2D eigenvalue weighted by Crippen LogP contribution is -2.44. The molecule has 68 heavy (non-hydrogen) atoms. The summed E-state index contributed by atoms with van der Waals surface area (Å²) in [6.45, 7) is 4.63. The maximum Gasteiger partial charge on any atom is 0.306 e. The molecule has 0 aromatic heterocycles. The number of likely N-dealkylation sites (N-methyl/N-ethyl adjacent to an activating group) is 1. The maximum atomic E-state index is 12.8. The Morgan fingerprint density at radius 1 is 0.456 bits per heavy atom. The molecule has 0 amide bonds. The number of aliphatic carboxylic acids is 1. The van der Waals surface area contributed by atoms with Crippen LogP contribution in [0.15, 0.2) is 72.9 Å². The number of carboxylic acid groups (broad SMARTS) is 1. The van der Waals surface area contributed by atoms with E-state index in [1.807, 2.05) is 21.1 Å². The monoisotopic (exact) mass is 954 g/mol. The highest BCUT2D eigenvalue weighted by Gasteiger charge is 2.22. The number of carboxylic acids is 1. The zero-order chi connectivity index (χ0) is 49.9. The molecule has 0 aromatic rings. The highest BCUT2D eigenvalue weighted by molar-refractivity contribution is 5.70. The fraction of sp³-hybridized carbons (Fsp3) is 0.746. The summed E-state index contributed by atoms with van der Waals surface area (Å²) in [4.78, 5) is 37.2. The summed E-state index contributed by atoms with van der Waals surface area (Å²) in [5.41, 5.74) is 0. The van der Waals surface area contributed by atoms with Crippen LogP contribution in [0.5, 0.6) is 0 Å². The first-order valence-electron chi connectivity index (χ1n) is 27.6. The molecule has 0 fully saturated rings. The Balaban J connectivity index is 4.29. The van der Waals surface area contributed by atoms with Crippen molar-refractivity contribution in [2.24, 2.45) is 0 Å². The normalized spacial score (nSPS) is 13.4. The second-order valence-corrected chi connectivity index (χ2v) is 19.5. The van der Waals surface area contributed by atoms with Gasteiger partial charge in [-0.15, -0.1) is 0 Å². The van der Waals surface area contributed by atoms with Crippen LogP contribution in [0.25, 0.3) is 0 Å². The zero-order valence-electron chi connectivity index (χ0n) is 44.5. The van der Waals surface area contributed by atoms with Crippen molar-refractivity contribution < 1.29 is 42.9 Å². The highest BCUT2D eigenvalue weighted by atomic mass is 16.7. The van der Waals surface area contributed by atoms with Gasteiger partial charge < -0.3 is 33.3 Å². The number of unbranched alkanes of at least 4 members (excludes halogenated alkanes) is 23. The molecule has 0 aliphatic heterocycles. The molecule has 2 atom stereocenters. The van der Waals surface area contributed by atoms with Gasteiger partial charge in [0.1, 0.15) is 13.2 Å². The number of hydrogen-bond donors (Lipinski definition) is 0. The van der Waals surface area contributed by atoms with Crippen molar-refractivity contribution >= 4 is 17.9 Å². The first-order chi connectivity index (χ1) is 33.1. The van der Waals surface area contributed by atoms with Crippen LogP contribution >= 0.6 is 0 Å². The summed E-state index contributed by atoms with van der Waals surface area (Å²) in [5.74, 6) is -2.29. The van der Waals surface area contributed by atoms with E-state index in [1.54, 1.807) is 0 Å². The van der Waals surface area contributed by atoms with Gasteiger partial charge in [0.05, 0.1) is 40.3 Å². The van der Waals surface area contributed by atoms with Gasteiger partial charge in [0, 0.05) is 12.8 Å². The molecule has 9 heteroatoms. The molecule has 0 saturated heterocycles. The van der Waals surface area contributed by atoms with E-state index < -0.39 is 24.3 Å². The van der Waals surface area contributed by atoms with Gasteiger partial charge in [-0.3, -0.25) is 9.59 Å². The first-order valence-corrected chi connectivity index (χ1v) is 27.6. The average molecular weight is 954 g/mol. The van der Waals surface area contributed by atoms with Crippen molar-refractivity contribution in [3.8, 4) is 0 Å².